The molecule has 0 heterocycles. The molecular formula is C12H19FN2O3S. The average molecular weight is 290 g/mol. The van der Waals surface area contributed by atoms with Gasteiger partial charge in [0.15, 0.2) is 0 Å². The lowest BCUT2D eigenvalue weighted by atomic mass is 10.0. The molecule has 0 amide bonds. The zero-order chi connectivity index (χ0) is 14.7. The Balaban J connectivity index is 2.84. The molecular weight excluding hydrogens is 271 g/mol. The number of rotatable bonds is 6. The summed E-state index contributed by atoms with van der Waals surface area (Å²) in [5.41, 5.74) is 3.98. The van der Waals surface area contributed by atoms with Crippen molar-refractivity contribution in [1.29, 1.82) is 0 Å². The van der Waals surface area contributed by atoms with Crippen LogP contribution in [-0.4, -0.2) is 25.7 Å². The molecule has 0 fully saturated rings. The fourth-order valence-electron chi connectivity index (χ4n) is 1.65. The molecule has 1 atom stereocenters. The fourth-order valence-corrected chi connectivity index (χ4v) is 2.85. The number of anilines is 1. The highest BCUT2D eigenvalue weighted by molar-refractivity contribution is 7.89. The number of sulfonamides is 1. The van der Waals surface area contributed by atoms with Crippen LogP contribution >= 0.6 is 0 Å². The summed E-state index contributed by atoms with van der Waals surface area (Å²) < 4.78 is 39.2. The molecule has 108 valence electrons. The molecule has 1 unspecified atom stereocenters. The zero-order valence-corrected chi connectivity index (χ0v) is 11.8. The summed E-state index contributed by atoms with van der Waals surface area (Å²) >= 11 is 0. The van der Waals surface area contributed by atoms with Crippen LogP contribution < -0.4 is 10.5 Å². The third-order valence-corrected chi connectivity index (χ3v) is 4.11. The van der Waals surface area contributed by atoms with E-state index in [-0.39, 0.29) is 17.1 Å². The molecule has 0 saturated carbocycles. The monoisotopic (exact) mass is 290 g/mol. The molecule has 5 nitrogen and oxygen atoms in total. The third-order valence-electron chi connectivity index (χ3n) is 2.71. The van der Waals surface area contributed by atoms with Crippen molar-refractivity contribution in [2.45, 2.75) is 37.2 Å². The molecule has 1 aromatic rings. The standard InChI is InChI=1S/C12H19FN2O3S/c1-3-6-12(2,16)8-15-19(17,18)9-4-5-10(13)11(14)7-9/h4-5,7,15-16H,3,6,8,14H2,1-2H3. The van der Waals surface area contributed by atoms with Crippen LogP contribution in [0, 0.1) is 5.82 Å². The van der Waals surface area contributed by atoms with Gasteiger partial charge in [-0.25, -0.2) is 17.5 Å². The molecule has 0 saturated heterocycles. The number of aliphatic hydroxyl groups is 1. The van der Waals surface area contributed by atoms with Crippen molar-refractivity contribution in [3.63, 3.8) is 0 Å². The van der Waals surface area contributed by atoms with Crippen LogP contribution in [0.3, 0.4) is 0 Å². The molecule has 7 heteroatoms. The van der Waals surface area contributed by atoms with E-state index in [9.17, 15) is 17.9 Å². The van der Waals surface area contributed by atoms with Crippen LogP contribution in [0.15, 0.2) is 23.1 Å². The number of nitrogens with one attached hydrogen (secondary N) is 1. The molecule has 4 N–H and O–H groups in total. The van der Waals surface area contributed by atoms with Crippen LogP contribution in [0.25, 0.3) is 0 Å². The van der Waals surface area contributed by atoms with Crippen molar-refractivity contribution in [2.75, 3.05) is 12.3 Å². The number of hydrogen-bond acceptors (Lipinski definition) is 4. The first-order chi connectivity index (χ1) is 8.68. The first kappa shape index (κ1) is 15.9. The van der Waals surface area contributed by atoms with Crippen molar-refractivity contribution in [3.05, 3.63) is 24.0 Å². The molecule has 0 aromatic heterocycles. The van der Waals surface area contributed by atoms with Crippen molar-refractivity contribution >= 4 is 15.7 Å². The quantitative estimate of drug-likeness (QED) is 0.687. The maximum atomic E-state index is 13.0. The maximum absolute atomic E-state index is 13.0. The third kappa shape index (κ3) is 4.45. The van der Waals surface area contributed by atoms with Gasteiger partial charge in [0, 0.05) is 6.54 Å². The van der Waals surface area contributed by atoms with Crippen molar-refractivity contribution in [3.8, 4) is 0 Å². The van der Waals surface area contributed by atoms with Crippen LogP contribution in [0.1, 0.15) is 26.7 Å². The topological polar surface area (TPSA) is 92.4 Å². The van der Waals surface area contributed by atoms with E-state index in [1.165, 1.54) is 0 Å². The highest BCUT2D eigenvalue weighted by Gasteiger charge is 2.23. The second-order valence-electron chi connectivity index (χ2n) is 4.75. The van der Waals surface area contributed by atoms with Crippen molar-refractivity contribution in [2.24, 2.45) is 0 Å². The van der Waals surface area contributed by atoms with E-state index in [4.69, 9.17) is 5.73 Å². The summed E-state index contributed by atoms with van der Waals surface area (Å²) in [4.78, 5) is -0.126. The Kier molecular flexibility index (Phi) is 4.89. The van der Waals surface area contributed by atoms with Gasteiger partial charge < -0.3 is 10.8 Å². The van der Waals surface area contributed by atoms with Gasteiger partial charge in [-0.15, -0.1) is 0 Å². The molecule has 0 radical (unpaired) electrons. The smallest absolute Gasteiger partial charge is 0.240 e. The van der Waals surface area contributed by atoms with Crippen LogP contribution in [0.2, 0.25) is 0 Å². The van der Waals surface area contributed by atoms with Crippen molar-refractivity contribution < 1.29 is 17.9 Å². The first-order valence-electron chi connectivity index (χ1n) is 5.95. The molecule has 0 bridgehead atoms. The molecule has 19 heavy (non-hydrogen) atoms. The Bertz CT molecular complexity index is 544. The van der Waals surface area contributed by atoms with Crippen molar-refractivity contribution in [1.82, 2.24) is 4.72 Å². The summed E-state index contributed by atoms with van der Waals surface area (Å²) in [6.45, 7) is 3.34. The fraction of sp³-hybridized carbons (Fsp3) is 0.500. The summed E-state index contributed by atoms with van der Waals surface area (Å²) in [6.07, 6.45) is 1.21. The van der Waals surface area contributed by atoms with Crippen LogP contribution in [0.5, 0.6) is 0 Å². The Morgan fingerprint density at radius 1 is 1.47 bits per heavy atom. The molecule has 1 rings (SSSR count). The number of nitrogen functional groups attached to an aromatic ring is 1. The van der Waals surface area contributed by atoms with Gasteiger partial charge in [-0.2, -0.15) is 0 Å². The Morgan fingerprint density at radius 2 is 2.11 bits per heavy atom. The van der Waals surface area contributed by atoms with E-state index in [0.717, 1.165) is 24.6 Å². The lowest BCUT2D eigenvalue weighted by Gasteiger charge is -2.22. The summed E-state index contributed by atoms with van der Waals surface area (Å²) in [5.74, 6) is -0.670. The first-order valence-corrected chi connectivity index (χ1v) is 7.43. The van der Waals surface area contributed by atoms with Gasteiger partial charge in [-0.3, -0.25) is 0 Å². The van der Waals surface area contributed by atoms with E-state index >= 15 is 0 Å². The predicted octanol–water partition coefficient (Wildman–Crippen LogP) is 1.24. The van der Waals surface area contributed by atoms with E-state index in [1.807, 2.05) is 6.92 Å². The average Bonchev–Trinajstić information content (AvgIpc) is 2.30. The predicted molar refractivity (Wildman–Crippen MR) is 71.5 cm³/mol. The normalized spacial score (nSPS) is 15.2. The summed E-state index contributed by atoms with van der Waals surface area (Å²) in [7, 11) is -3.81. The molecule has 0 aliphatic rings. The Labute approximate surface area is 112 Å². The van der Waals surface area contributed by atoms with Crippen LogP contribution in [0.4, 0.5) is 10.1 Å². The number of hydrogen-bond donors (Lipinski definition) is 3. The number of halogens is 1. The minimum absolute atomic E-state index is 0.111. The van der Waals surface area contributed by atoms with E-state index in [0.29, 0.717) is 6.42 Å². The second-order valence-corrected chi connectivity index (χ2v) is 6.52. The van der Waals surface area contributed by atoms with Gasteiger partial charge in [0.05, 0.1) is 16.2 Å². The molecule has 0 aliphatic heterocycles. The zero-order valence-electron chi connectivity index (χ0n) is 11.0. The van der Waals surface area contributed by atoms with E-state index in [1.54, 1.807) is 6.92 Å². The van der Waals surface area contributed by atoms with Gasteiger partial charge in [0.2, 0.25) is 10.0 Å². The van der Waals surface area contributed by atoms with Gasteiger partial charge >= 0.3 is 0 Å². The SMILES string of the molecule is CCCC(C)(O)CNS(=O)(=O)c1ccc(F)c(N)c1. The number of nitrogens with two attached hydrogens (primary N) is 1. The largest absolute Gasteiger partial charge is 0.396 e. The van der Waals surface area contributed by atoms with Crippen LogP contribution in [-0.2, 0) is 10.0 Å². The lowest BCUT2D eigenvalue weighted by molar-refractivity contribution is 0.0554. The molecule has 0 aliphatic carbocycles. The van der Waals surface area contributed by atoms with Gasteiger partial charge in [-0.05, 0) is 31.5 Å². The molecule has 0 spiro atoms. The van der Waals surface area contributed by atoms with Gasteiger partial charge in [-0.1, -0.05) is 13.3 Å². The highest BCUT2D eigenvalue weighted by atomic mass is 32.2. The highest BCUT2D eigenvalue weighted by Crippen LogP contribution is 2.17. The van der Waals surface area contributed by atoms with E-state index in [2.05, 4.69) is 4.72 Å². The minimum Gasteiger partial charge on any atom is -0.396 e. The second kappa shape index (κ2) is 5.85. The summed E-state index contributed by atoms with van der Waals surface area (Å²) in [6, 6.07) is 3.17. The molecule has 1 aromatic carbocycles. The maximum Gasteiger partial charge on any atom is 0.240 e. The number of benzene rings is 1. The summed E-state index contributed by atoms with van der Waals surface area (Å²) in [5, 5.41) is 9.91. The minimum atomic E-state index is -3.81. The van der Waals surface area contributed by atoms with E-state index < -0.39 is 21.4 Å². The van der Waals surface area contributed by atoms with Gasteiger partial charge in [0.25, 0.3) is 0 Å². The lowest BCUT2D eigenvalue weighted by Crippen LogP contribution is -2.40. The van der Waals surface area contributed by atoms with Gasteiger partial charge in [0.1, 0.15) is 5.82 Å². The Hall–Kier alpha value is -1.18. The Morgan fingerprint density at radius 3 is 2.63 bits per heavy atom.